The molecule has 3 rings (SSSR count). The van der Waals surface area contributed by atoms with E-state index in [1.807, 2.05) is 6.20 Å². The van der Waals surface area contributed by atoms with E-state index in [2.05, 4.69) is 61.0 Å². The molecular weight excluding hydrogens is 302 g/mol. The minimum absolute atomic E-state index is 1.06. The van der Waals surface area contributed by atoms with Gasteiger partial charge in [-0.25, -0.2) is 4.98 Å². The average Bonchev–Trinajstić information content (AvgIpc) is 2.48. The van der Waals surface area contributed by atoms with Gasteiger partial charge in [0.25, 0.3) is 0 Å². The zero-order chi connectivity index (χ0) is 13.1. The summed E-state index contributed by atoms with van der Waals surface area (Å²) in [6.07, 6.45) is 1.92. The Labute approximate surface area is 122 Å². The van der Waals surface area contributed by atoms with Crippen LogP contribution in [0.15, 0.2) is 36.5 Å². The maximum Gasteiger partial charge on any atom is 0.136 e. The number of fused-ring (bicyclic) bond motifs is 1. The molecule has 0 aliphatic carbocycles. The fourth-order valence-corrected chi connectivity index (χ4v) is 3.16. The number of nitrogens with zero attached hydrogens (tertiary/aromatic N) is 3. The molecule has 1 aliphatic heterocycles. The monoisotopic (exact) mass is 319 g/mol. The van der Waals surface area contributed by atoms with Crippen molar-refractivity contribution in [3.8, 4) is 0 Å². The molecule has 19 heavy (non-hydrogen) atoms. The van der Waals surface area contributed by atoms with Crippen LogP contribution in [0.5, 0.6) is 0 Å². The summed E-state index contributed by atoms with van der Waals surface area (Å²) in [5, 5.41) is 3.59. The molecule has 0 radical (unpaired) electrons. The molecule has 0 spiro atoms. The molecule has 1 aromatic heterocycles. The van der Waals surface area contributed by atoms with Crippen LogP contribution in [0.1, 0.15) is 0 Å². The van der Waals surface area contributed by atoms with Gasteiger partial charge in [0.1, 0.15) is 5.82 Å². The van der Waals surface area contributed by atoms with Crippen LogP contribution in [0.25, 0.3) is 10.8 Å². The van der Waals surface area contributed by atoms with Crippen LogP contribution in [-0.2, 0) is 0 Å². The van der Waals surface area contributed by atoms with Crippen LogP contribution in [-0.4, -0.2) is 47.9 Å². The normalized spacial score (nSPS) is 17.0. The Morgan fingerprint density at radius 3 is 2.63 bits per heavy atom. The second-order valence-electron chi connectivity index (χ2n) is 4.87. The van der Waals surface area contributed by atoms with Gasteiger partial charge in [-0.2, -0.15) is 0 Å². The Kier molecular flexibility index (Phi) is 3.99. The molecule has 0 bridgehead atoms. The number of hydrogen-bond donors (Lipinski definition) is 0. The molecule has 1 fully saturated rings. The van der Waals surface area contributed by atoms with Crippen molar-refractivity contribution in [3.63, 3.8) is 0 Å². The molecule has 100 valence electrons. The predicted molar refractivity (Wildman–Crippen MR) is 84.2 cm³/mol. The summed E-state index contributed by atoms with van der Waals surface area (Å²) in [5.74, 6) is 1.14. The highest BCUT2D eigenvalue weighted by Gasteiger charge is 2.18. The Balaban J connectivity index is 1.82. The van der Waals surface area contributed by atoms with Crippen molar-refractivity contribution < 1.29 is 0 Å². The Morgan fingerprint density at radius 2 is 1.84 bits per heavy atom. The minimum Gasteiger partial charge on any atom is -0.354 e. The molecule has 0 N–H and O–H groups in total. The first-order valence-electron chi connectivity index (χ1n) is 6.75. The Hall–Kier alpha value is -1.13. The zero-order valence-electron chi connectivity index (χ0n) is 10.9. The van der Waals surface area contributed by atoms with E-state index in [9.17, 15) is 0 Å². The first kappa shape index (κ1) is 12.9. The summed E-state index contributed by atoms with van der Waals surface area (Å²) >= 11 is 3.51. The number of pyridine rings is 1. The SMILES string of the molecule is BrCCN1CCN(c2nccc3ccccc23)CC1. The van der Waals surface area contributed by atoms with Gasteiger partial charge in [0.15, 0.2) is 0 Å². The summed E-state index contributed by atoms with van der Waals surface area (Å²) < 4.78 is 0. The van der Waals surface area contributed by atoms with E-state index in [0.29, 0.717) is 0 Å². The predicted octanol–water partition coefficient (Wildman–Crippen LogP) is 2.75. The van der Waals surface area contributed by atoms with Crippen LogP contribution >= 0.6 is 15.9 Å². The highest BCUT2D eigenvalue weighted by Crippen LogP contribution is 2.24. The van der Waals surface area contributed by atoms with Gasteiger partial charge in [-0.1, -0.05) is 40.2 Å². The van der Waals surface area contributed by atoms with E-state index >= 15 is 0 Å². The van der Waals surface area contributed by atoms with Crippen LogP contribution < -0.4 is 4.90 Å². The van der Waals surface area contributed by atoms with Crippen molar-refractivity contribution in [1.82, 2.24) is 9.88 Å². The lowest BCUT2D eigenvalue weighted by molar-refractivity contribution is 0.273. The lowest BCUT2D eigenvalue weighted by Crippen LogP contribution is -2.47. The maximum atomic E-state index is 4.60. The van der Waals surface area contributed by atoms with Crippen molar-refractivity contribution in [1.29, 1.82) is 0 Å². The van der Waals surface area contributed by atoms with Gasteiger partial charge in [-0.05, 0) is 11.5 Å². The molecule has 2 aromatic rings. The smallest absolute Gasteiger partial charge is 0.136 e. The van der Waals surface area contributed by atoms with Crippen molar-refractivity contribution in [2.75, 3.05) is 43.0 Å². The minimum atomic E-state index is 1.06. The topological polar surface area (TPSA) is 19.4 Å². The van der Waals surface area contributed by atoms with Gasteiger partial charge < -0.3 is 4.90 Å². The number of aromatic nitrogens is 1. The quantitative estimate of drug-likeness (QED) is 0.811. The molecule has 0 unspecified atom stereocenters. The Morgan fingerprint density at radius 1 is 1.05 bits per heavy atom. The summed E-state index contributed by atoms with van der Waals surface area (Å²) in [6, 6.07) is 10.6. The van der Waals surface area contributed by atoms with Crippen LogP contribution in [0.2, 0.25) is 0 Å². The highest BCUT2D eigenvalue weighted by atomic mass is 79.9. The van der Waals surface area contributed by atoms with Gasteiger partial charge in [-0.15, -0.1) is 0 Å². The van der Waals surface area contributed by atoms with E-state index in [0.717, 1.165) is 43.9 Å². The van der Waals surface area contributed by atoms with Gasteiger partial charge in [0.2, 0.25) is 0 Å². The fourth-order valence-electron chi connectivity index (χ4n) is 2.66. The number of rotatable bonds is 3. The number of anilines is 1. The lowest BCUT2D eigenvalue weighted by Gasteiger charge is -2.35. The van der Waals surface area contributed by atoms with Crippen LogP contribution in [0.3, 0.4) is 0 Å². The molecular formula is C15H18BrN3. The second-order valence-corrected chi connectivity index (χ2v) is 5.67. The third-order valence-corrected chi connectivity index (χ3v) is 4.08. The van der Waals surface area contributed by atoms with Crippen molar-refractivity contribution >= 4 is 32.5 Å². The van der Waals surface area contributed by atoms with E-state index in [1.54, 1.807) is 0 Å². The molecule has 0 saturated carbocycles. The summed E-state index contributed by atoms with van der Waals surface area (Å²) in [7, 11) is 0. The molecule has 0 atom stereocenters. The molecule has 1 aliphatic rings. The second kappa shape index (κ2) is 5.88. The number of hydrogen-bond acceptors (Lipinski definition) is 3. The Bertz CT molecular complexity index is 545. The van der Waals surface area contributed by atoms with E-state index < -0.39 is 0 Å². The molecule has 4 heteroatoms. The van der Waals surface area contributed by atoms with E-state index in [-0.39, 0.29) is 0 Å². The number of piperazine rings is 1. The number of benzene rings is 1. The van der Waals surface area contributed by atoms with Crippen molar-refractivity contribution in [2.24, 2.45) is 0 Å². The van der Waals surface area contributed by atoms with E-state index in [4.69, 9.17) is 0 Å². The first-order valence-corrected chi connectivity index (χ1v) is 7.87. The van der Waals surface area contributed by atoms with Gasteiger partial charge >= 0.3 is 0 Å². The highest BCUT2D eigenvalue weighted by molar-refractivity contribution is 9.09. The third-order valence-electron chi connectivity index (χ3n) is 3.73. The van der Waals surface area contributed by atoms with Gasteiger partial charge in [-0.3, -0.25) is 4.90 Å². The van der Waals surface area contributed by atoms with Crippen molar-refractivity contribution in [3.05, 3.63) is 36.5 Å². The first-order chi connectivity index (χ1) is 9.38. The van der Waals surface area contributed by atoms with E-state index in [1.165, 1.54) is 10.8 Å². The fraction of sp³-hybridized carbons (Fsp3) is 0.400. The third kappa shape index (κ3) is 2.74. The number of alkyl halides is 1. The standard InChI is InChI=1S/C15H18BrN3/c16-6-8-18-9-11-19(12-10-18)15-14-4-2-1-3-13(14)5-7-17-15/h1-5,7H,6,8-12H2. The summed E-state index contributed by atoms with van der Waals surface area (Å²) in [5.41, 5.74) is 0. The lowest BCUT2D eigenvalue weighted by atomic mass is 10.1. The largest absolute Gasteiger partial charge is 0.354 e. The molecule has 3 nitrogen and oxygen atoms in total. The average molecular weight is 320 g/mol. The molecule has 1 saturated heterocycles. The van der Waals surface area contributed by atoms with Crippen LogP contribution in [0, 0.1) is 0 Å². The summed E-state index contributed by atoms with van der Waals surface area (Å²) in [4.78, 5) is 9.51. The molecule has 0 amide bonds. The molecule has 2 heterocycles. The van der Waals surface area contributed by atoms with Crippen LogP contribution in [0.4, 0.5) is 5.82 Å². The van der Waals surface area contributed by atoms with Crippen molar-refractivity contribution in [2.45, 2.75) is 0 Å². The zero-order valence-corrected chi connectivity index (χ0v) is 12.5. The summed E-state index contributed by atoms with van der Waals surface area (Å²) in [6.45, 7) is 5.51. The number of halogens is 1. The molecule has 1 aromatic carbocycles. The maximum absolute atomic E-state index is 4.60. The van der Waals surface area contributed by atoms with Gasteiger partial charge in [0.05, 0.1) is 0 Å². The van der Waals surface area contributed by atoms with Gasteiger partial charge in [0, 0.05) is 49.6 Å².